The van der Waals surface area contributed by atoms with Gasteiger partial charge in [0.05, 0.1) is 18.8 Å². The molecule has 1 aliphatic carbocycles. The molecular weight excluding hydrogens is 407 g/mol. The summed E-state index contributed by atoms with van der Waals surface area (Å²) < 4.78 is 28.1. The van der Waals surface area contributed by atoms with Gasteiger partial charge in [-0.15, -0.1) is 0 Å². The first-order valence-corrected chi connectivity index (χ1v) is 10.2. The van der Waals surface area contributed by atoms with Crippen LogP contribution in [0.1, 0.15) is 37.2 Å². The van der Waals surface area contributed by atoms with Gasteiger partial charge in [-0.3, -0.25) is 9.36 Å². The van der Waals surface area contributed by atoms with Gasteiger partial charge in [0.2, 0.25) is 0 Å². The van der Waals surface area contributed by atoms with Crippen molar-refractivity contribution < 1.29 is 18.7 Å². The number of rotatable bonds is 5. The highest BCUT2D eigenvalue weighted by Crippen LogP contribution is 2.44. The van der Waals surface area contributed by atoms with E-state index < -0.39 is 23.2 Å². The highest BCUT2D eigenvalue weighted by Gasteiger charge is 2.36. The van der Waals surface area contributed by atoms with Gasteiger partial charge in [-0.1, -0.05) is 0 Å². The number of ether oxygens (including phenoxy) is 1. The van der Waals surface area contributed by atoms with Gasteiger partial charge in [-0.25, -0.2) is 9.18 Å². The van der Waals surface area contributed by atoms with Crippen molar-refractivity contribution in [1.82, 2.24) is 9.24 Å². The molecule has 2 fully saturated rings. The maximum Gasteiger partial charge on any atom is 0.350 e. The van der Waals surface area contributed by atoms with Crippen molar-refractivity contribution in [3.8, 4) is 5.75 Å². The van der Waals surface area contributed by atoms with Crippen LogP contribution in [0.25, 0.3) is 10.9 Å². The van der Waals surface area contributed by atoms with Gasteiger partial charge in [0.1, 0.15) is 23.1 Å². The Hall–Kier alpha value is -3.27. The van der Waals surface area contributed by atoms with Crippen LogP contribution in [-0.4, -0.2) is 34.5 Å². The highest BCUT2D eigenvalue weighted by molar-refractivity contribution is 5.91. The smallest absolute Gasteiger partial charge is 0.350 e. The number of fused-ring (bicyclic) bond motifs is 1. The van der Waals surface area contributed by atoms with E-state index in [0.717, 1.165) is 18.9 Å². The van der Waals surface area contributed by atoms with Gasteiger partial charge in [0.15, 0.2) is 11.6 Å². The summed E-state index contributed by atoms with van der Waals surface area (Å²) in [6.45, 7) is 0.838. The minimum absolute atomic E-state index is 0.00142. The summed E-state index contributed by atoms with van der Waals surface area (Å²) in [6, 6.07) is 4.42. The number of aliphatic hydroxyl groups excluding tert-OH is 1. The molecule has 1 saturated heterocycles. The molecule has 1 aliphatic heterocycles. The second kappa shape index (κ2) is 7.16. The summed E-state index contributed by atoms with van der Waals surface area (Å²) in [5, 5.41) is 10.6. The topological polar surface area (TPSA) is 116 Å². The van der Waals surface area contributed by atoms with Gasteiger partial charge in [0, 0.05) is 25.0 Å². The van der Waals surface area contributed by atoms with Gasteiger partial charge in [0.25, 0.3) is 5.56 Å². The Labute approximate surface area is 176 Å². The third kappa shape index (κ3) is 3.01. The number of methoxy groups -OCH3 is 1. The normalized spacial score (nSPS) is 19.8. The lowest BCUT2D eigenvalue weighted by atomic mass is 10.00. The van der Waals surface area contributed by atoms with Crippen LogP contribution in [0.2, 0.25) is 0 Å². The van der Waals surface area contributed by atoms with Crippen LogP contribution in [0.4, 0.5) is 10.1 Å². The first-order chi connectivity index (χ1) is 14.9. The molecule has 0 radical (unpaired) electrons. The van der Waals surface area contributed by atoms with Gasteiger partial charge in [-0.2, -0.15) is 4.68 Å². The second-order valence-electron chi connectivity index (χ2n) is 8.15. The molecule has 2 aromatic heterocycles. The summed E-state index contributed by atoms with van der Waals surface area (Å²) in [7, 11) is 1.39. The third-order valence-corrected chi connectivity index (χ3v) is 6.22. The van der Waals surface area contributed by atoms with E-state index in [4.69, 9.17) is 15.0 Å². The summed E-state index contributed by atoms with van der Waals surface area (Å²) in [5.41, 5.74) is -0.989. The van der Waals surface area contributed by atoms with Crippen molar-refractivity contribution in [2.24, 2.45) is 5.92 Å². The summed E-state index contributed by atoms with van der Waals surface area (Å²) >= 11 is 0. The lowest BCUT2D eigenvalue weighted by Crippen LogP contribution is -2.44. The SMILES string of the molecule is COc1c(N2CCC(C(O)c3ccco3)C2)c(F)cc2c(=O)n(N)c(=O)n(C3CC3)c12. The lowest BCUT2D eigenvalue weighted by molar-refractivity contribution is 0.0955. The van der Waals surface area contributed by atoms with Crippen molar-refractivity contribution in [2.75, 3.05) is 30.9 Å². The van der Waals surface area contributed by atoms with Crippen LogP contribution in [0.5, 0.6) is 5.75 Å². The Morgan fingerprint density at radius 3 is 2.74 bits per heavy atom. The van der Waals surface area contributed by atoms with Gasteiger partial charge in [-0.05, 0) is 37.5 Å². The molecule has 5 rings (SSSR count). The zero-order valence-electron chi connectivity index (χ0n) is 17.0. The first kappa shape index (κ1) is 19.7. The van der Waals surface area contributed by atoms with E-state index in [0.29, 0.717) is 29.9 Å². The van der Waals surface area contributed by atoms with E-state index in [2.05, 4.69) is 0 Å². The van der Waals surface area contributed by atoms with Gasteiger partial charge < -0.3 is 25.0 Å². The maximum absolute atomic E-state index is 15.3. The molecule has 1 saturated carbocycles. The van der Waals surface area contributed by atoms with Crippen LogP contribution in [0.15, 0.2) is 38.5 Å². The molecule has 0 amide bonds. The Morgan fingerprint density at radius 2 is 2.10 bits per heavy atom. The zero-order valence-corrected chi connectivity index (χ0v) is 17.0. The van der Waals surface area contributed by atoms with E-state index in [1.165, 1.54) is 17.9 Å². The average Bonchev–Trinajstić information content (AvgIpc) is 3.25. The van der Waals surface area contributed by atoms with Gasteiger partial charge >= 0.3 is 5.69 Å². The maximum atomic E-state index is 15.3. The van der Waals surface area contributed by atoms with E-state index in [1.54, 1.807) is 17.0 Å². The molecule has 0 spiro atoms. The second-order valence-corrected chi connectivity index (χ2v) is 8.15. The monoisotopic (exact) mass is 430 g/mol. The molecule has 1 aromatic carbocycles. The fraction of sp³-hybridized carbons (Fsp3) is 0.429. The number of anilines is 1. The summed E-state index contributed by atoms with van der Waals surface area (Å²) in [5.74, 6) is 5.45. The first-order valence-electron chi connectivity index (χ1n) is 10.2. The molecule has 3 heterocycles. The predicted octanol–water partition coefficient (Wildman–Crippen LogP) is 1.51. The van der Waals surface area contributed by atoms with Crippen LogP contribution >= 0.6 is 0 Å². The molecule has 2 unspecified atom stereocenters. The molecule has 9 nitrogen and oxygen atoms in total. The zero-order chi connectivity index (χ0) is 21.9. The number of hydrogen-bond acceptors (Lipinski definition) is 7. The number of benzene rings is 1. The van der Waals surface area contributed by atoms with E-state index in [9.17, 15) is 14.7 Å². The molecule has 164 valence electrons. The molecule has 10 heteroatoms. The number of aliphatic hydroxyl groups is 1. The molecule has 31 heavy (non-hydrogen) atoms. The van der Waals surface area contributed by atoms with Crippen molar-refractivity contribution >= 4 is 16.6 Å². The number of aromatic nitrogens is 2. The molecule has 0 bridgehead atoms. The Morgan fingerprint density at radius 1 is 1.32 bits per heavy atom. The van der Waals surface area contributed by atoms with Crippen LogP contribution in [0.3, 0.4) is 0 Å². The fourth-order valence-electron chi connectivity index (χ4n) is 4.54. The molecule has 2 atom stereocenters. The molecule has 2 aliphatic rings. The number of nitrogens with zero attached hydrogens (tertiary/aromatic N) is 3. The Kier molecular flexibility index (Phi) is 4.54. The highest BCUT2D eigenvalue weighted by atomic mass is 19.1. The largest absolute Gasteiger partial charge is 0.492 e. The number of nitrogen functional groups attached to an aromatic ring is 1. The fourth-order valence-corrected chi connectivity index (χ4v) is 4.54. The molecule has 3 N–H and O–H groups in total. The number of nitrogens with two attached hydrogens (primary N) is 1. The predicted molar refractivity (Wildman–Crippen MR) is 111 cm³/mol. The summed E-state index contributed by atoms with van der Waals surface area (Å²) in [4.78, 5) is 27.1. The van der Waals surface area contributed by atoms with Crippen molar-refractivity contribution in [1.29, 1.82) is 0 Å². The Bertz CT molecular complexity index is 1260. The third-order valence-electron chi connectivity index (χ3n) is 6.22. The standard InChI is InChI=1S/C21H23FN4O5/c1-30-19-16-13(20(28)26(23)21(29)25(16)12-4-5-12)9-14(22)17(19)24-7-6-11(10-24)18(27)15-3-2-8-31-15/h2-3,8-9,11-12,18,27H,4-7,10,23H2,1H3. The summed E-state index contributed by atoms with van der Waals surface area (Å²) in [6.07, 6.45) is 2.83. The van der Waals surface area contributed by atoms with Crippen molar-refractivity contribution in [3.63, 3.8) is 0 Å². The quantitative estimate of drug-likeness (QED) is 0.590. The minimum atomic E-state index is -0.816. The Balaban J connectivity index is 1.64. The number of halogens is 1. The van der Waals surface area contributed by atoms with Crippen LogP contribution < -0.4 is 26.7 Å². The van der Waals surface area contributed by atoms with Crippen molar-refractivity contribution in [3.05, 3.63) is 56.9 Å². The van der Waals surface area contributed by atoms with E-state index in [1.807, 2.05) is 0 Å². The number of hydrogen-bond donors (Lipinski definition) is 2. The van der Waals surface area contributed by atoms with Crippen LogP contribution in [0, 0.1) is 11.7 Å². The van der Waals surface area contributed by atoms with E-state index >= 15 is 4.39 Å². The number of furan rings is 1. The lowest BCUT2D eigenvalue weighted by Gasteiger charge is -2.25. The van der Waals surface area contributed by atoms with E-state index in [-0.39, 0.29) is 34.3 Å². The van der Waals surface area contributed by atoms with Crippen LogP contribution in [-0.2, 0) is 0 Å². The molecule has 3 aromatic rings. The average molecular weight is 430 g/mol. The minimum Gasteiger partial charge on any atom is -0.492 e. The van der Waals surface area contributed by atoms with Crippen molar-refractivity contribution in [2.45, 2.75) is 31.4 Å². The molecular formula is C21H23FN4O5.